The number of aromatic carboxylic acids is 2. The summed E-state index contributed by atoms with van der Waals surface area (Å²) in [5.74, 6) is -2.58. The van der Waals surface area contributed by atoms with Crippen LogP contribution in [-0.2, 0) is 65.8 Å². The summed E-state index contributed by atoms with van der Waals surface area (Å²) in [6.07, 6.45) is 2.59. The van der Waals surface area contributed by atoms with E-state index in [9.17, 15) is 19.8 Å². The molecule has 2 rings (SSSR count). The summed E-state index contributed by atoms with van der Waals surface area (Å²) in [5.41, 5.74) is -0.241. The second-order valence-corrected chi connectivity index (χ2v) is 2.41. The van der Waals surface area contributed by atoms with Gasteiger partial charge in [-0.1, -0.05) is 12.1 Å². The van der Waals surface area contributed by atoms with Crippen LogP contribution in [0, 0.1) is 0 Å². The van der Waals surface area contributed by atoms with Crippen LogP contribution in [0.25, 0.3) is 0 Å². The van der Waals surface area contributed by atoms with E-state index in [0.717, 1.165) is 0 Å². The van der Waals surface area contributed by atoms with Crippen LogP contribution >= 0.6 is 0 Å². The molecule has 0 atom stereocenters. The Morgan fingerprint density at radius 2 is 0.923 bits per heavy atom. The van der Waals surface area contributed by atoms with Gasteiger partial charge in [-0.3, -0.25) is 0 Å². The zero-order valence-electron chi connectivity index (χ0n) is 12.8. The smallest absolute Gasteiger partial charge is 0.581 e. The van der Waals surface area contributed by atoms with Gasteiger partial charge in [0.05, 0.1) is 23.3 Å². The topological polar surface area (TPSA) is 395 Å². The van der Waals surface area contributed by atoms with E-state index in [0.29, 0.717) is 0 Å². The summed E-state index contributed by atoms with van der Waals surface area (Å²) in [4.78, 5) is 19.7. The fourth-order valence-electron chi connectivity index (χ4n) is 0.683. The molecule has 18 heteroatoms. The van der Waals surface area contributed by atoms with Crippen molar-refractivity contribution < 1.29 is 96.6 Å². The van der Waals surface area contributed by atoms with Gasteiger partial charge in [0.15, 0.2) is 0 Å². The monoisotopic (exact) mass is 486 g/mol. The number of hydrogen-bond acceptors (Lipinski definition) is 6. The molecule has 2 aromatic heterocycles. The van der Waals surface area contributed by atoms with Crippen LogP contribution in [-0.4, -0.2) is 33.1 Å². The van der Waals surface area contributed by atoms with Gasteiger partial charge in [0.1, 0.15) is 0 Å². The van der Waals surface area contributed by atoms with E-state index in [4.69, 9.17) is 0 Å². The molecule has 16 nitrogen and oxygen atoms in total. The standard InChI is InChI=1S/2C4H4N2O2.2Ni.8H2O/c2*7-4(8)3-1-2-5-6-3;;;;;;;;;;/h2*1-2H,(H2,5,6,7,8);;;8*1H2/q;;2*+2;;;;;;;;/p+2. The zero-order chi connectivity index (χ0) is 12.0. The van der Waals surface area contributed by atoms with Crippen molar-refractivity contribution in [3.05, 3.63) is 35.9 Å². The summed E-state index contributed by atoms with van der Waals surface area (Å²) >= 11 is 0. The zero-order valence-corrected chi connectivity index (χ0v) is 14.8. The van der Waals surface area contributed by atoms with E-state index < -0.39 is 11.9 Å². The second-order valence-electron chi connectivity index (χ2n) is 2.41. The Bertz CT molecular complexity index is 425. The van der Waals surface area contributed by atoms with Crippen LogP contribution in [0.4, 0.5) is 0 Å². The van der Waals surface area contributed by atoms with Gasteiger partial charge >= 0.3 is 33.0 Å². The molecule has 26 heavy (non-hydrogen) atoms. The SMILES string of the molecule is O.O.O=C([O-])c1cc[n-]n1.O=C([O-])c1cc[n-]n1.[Ni+2].[Ni+2].[OH3+].[OH3+].[OH3+].[OH3+].[OH3+].[OH3+]. The van der Waals surface area contributed by atoms with Crippen LogP contribution in [0.2, 0.25) is 0 Å². The van der Waals surface area contributed by atoms with Crippen molar-refractivity contribution in [1.82, 2.24) is 20.4 Å². The molecule has 0 aromatic carbocycles. The number of rotatable bonds is 2. The van der Waals surface area contributed by atoms with Crippen LogP contribution in [0.3, 0.4) is 0 Å². The van der Waals surface area contributed by atoms with Gasteiger partial charge in [0.25, 0.3) is 0 Å². The molecule has 0 aliphatic rings. The molecule has 0 radical (unpaired) electrons. The fourth-order valence-corrected chi connectivity index (χ4v) is 0.683. The van der Waals surface area contributed by atoms with Crippen molar-refractivity contribution in [3.63, 3.8) is 0 Å². The maximum atomic E-state index is 9.85. The average Bonchev–Trinajstić information content (AvgIpc) is 2.93. The maximum Gasteiger partial charge on any atom is 2.00 e. The number of carbonyl (C=O) groups is 2. The van der Waals surface area contributed by atoms with Gasteiger partial charge in [0.2, 0.25) is 0 Å². The Balaban J connectivity index is -0.0000000178. The van der Waals surface area contributed by atoms with Gasteiger partial charge in [-0.15, -0.1) is 0 Å². The van der Waals surface area contributed by atoms with E-state index >= 15 is 0 Å². The molecule has 0 aliphatic carbocycles. The minimum absolute atomic E-state index is 0. The van der Waals surface area contributed by atoms with Crippen LogP contribution in [0.15, 0.2) is 24.5 Å². The summed E-state index contributed by atoms with van der Waals surface area (Å²) < 4.78 is 0. The Labute approximate surface area is 165 Å². The van der Waals surface area contributed by atoms with Gasteiger partial charge in [0, 0.05) is 0 Å². The quantitative estimate of drug-likeness (QED) is 0.288. The molecule has 164 valence electrons. The van der Waals surface area contributed by atoms with Crippen molar-refractivity contribution in [3.8, 4) is 0 Å². The number of carbonyl (C=O) groups excluding carboxylic acids is 2. The van der Waals surface area contributed by atoms with E-state index in [1.165, 1.54) is 24.5 Å². The molecule has 0 fully saturated rings. The van der Waals surface area contributed by atoms with Crippen molar-refractivity contribution >= 4 is 11.9 Å². The van der Waals surface area contributed by atoms with Gasteiger partial charge in [-0.05, 0) is 0 Å². The summed E-state index contributed by atoms with van der Waals surface area (Å²) in [6, 6.07) is 2.55. The molecule has 0 saturated heterocycles. The Hall–Kier alpha value is -1.97. The molecule has 2 heterocycles. The van der Waals surface area contributed by atoms with Crippen molar-refractivity contribution in [1.29, 1.82) is 0 Å². The number of carboxylic acids is 2. The first-order valence-corrected chi connectivity index (χ1v) is 3.92. The maximum absolute atomic E-state index is 9.85. The van der Waals surface area contributed by atoms with Crippen LogP contribution < -0.4 is 20.4 Å². The number of hydrogen-bond donors (Lipinski definition) is 0. The van der Waals surface area contributed by atoms with Crippen molar-refractivity contribution in [2.45, 2.75) is 0 Å². The first-order valence-electron chi connectivity index (χ1n) is 3.92. The molecule has 0 bridgehead atoms. The van der Waals surface area contributed by atoms with Crippen molar-refractivity contribution in [2.75, 3.05) is 0 Å². The molecule has 0 amide bonds. The molecule has 2 aromatic rings. The van der Waals surface area contributed by atoms with Crippen LogP contribution in [0.5, 0.6) is 0 Å². The third kappa shape index (κ3) is 24.3. The summed E-state index contributed by atoms with van der Waals surface area (Å²) in [5, 5.41) is 32.6. The van der Waals surface area contributed by atoms with Crippen LogP contribution in [0.1, 0.15) is 21.0 Å². The summed E-state index contributed by atoms with van der Waals surface area (Å²) in [7, 11) is 0. The van der Waals surface area contributed by atoms with E-state index in [2.05, 4.69) is 20.4 Å². The minimum atomic E-state index is -1.29. The predicted molar refractivity (Wildman–Crippen MR) is 80.2 cm³/mol. The molecule has 22 N–H and O–H groups in total. The number of nitrogens with zero attached hydrogens (tertiary/aromatic N) is 4. The molecular weight excluding hydrogens is 461 g/mol. The van der Waals surface area contributed by atoms with Gasteiger partial charge < -0.3 is 84.0 Å². The first-order chi connectivity index (χ1) is 7.61. The third-order valence-corrected chi connectivity index (χ3v) is 1.35. The largest absolute Gasteiger partial charge is 2.00 e. The minimum Gasteiger partial charge on any atom is -0.581 e. The molecule has 0 saturated carbocycles. The van der Waals surface area contributed by atoms with Crippen molar-refractivity contribution in [2.24, 2.45) is 0 Å². The number of aromatic nitrogens is 4. The summed E-state index contributed by atoms with van der Waals surface area (Å²) in [6.45, 7) is 0. The van der Waals surface area contributed by atoms with Gasteiger partial charge in [-0.2, -0.15) is 12.4 Å². The number of carboxylic acid groups (broad SMARTS) is 2. The normalized spacial score (nSPS) is 5.54. The van der Waals surface area contributed by atoms with Gasteiger partial charge in [-0.25, -0.2) is 0 Å². The fraction of sp³-hybridized carbons (Fsp3) is 0. The van der Waals surface area contributed by atoms with E-state index in [1.807, 2.05) is 0 Å². The van der Waals surface area contributed by atoms with E-state index in [1.54, 1.807) is 0 Å². The molecule has 0 aliphatic heterocycles. The first kappa shape index (κ1) is 64.8. The predicted octanol–water partition coefficient (Wildman–Crippen LogP) is -10.4. The average molecular weight is 488 g/mol. The Kier molecular flexibility index (Phi) is 85.6. The van der Waals surface area contributed by atoms with E-state index in [-0.39, 0.29) is 88.2 Å². The molecular formula is C8H26N4Ni2O12+6. The second kappa shape index (κ2) is 34.4. The molecule has 0 spiro atoms. The third-order valence-electron chi connectivity index (χ3n) is 1.35. The Morgan fingerprint density at radius 1 is 0.692 bits per heavy atom. The molecule has 0 unspecified atom stereocenters. The Morgan fingerprint density at radius 3 is 1.00 bits per heavy atom.